The number of anilines is 1. The summed E-state index contributed by atoms with van der Waals surface area (Å²) in [6.07, 6.45) is 1.85. The summed E-state index contributed by atoms with van der Waals surface area (Å²) in [6.45, 7) is 6.04. The molecule has 1 aromatic rings. The van der Waals surface area contributed by atoms with E-state index in [9.17, 15) is 0 Å². The standard InChI is InChI=1S/C12H22N4O/c1-9(2)12-14-8-11(10(7-13)15-12)16(3)5-6-17-4/h8-9H,5-7,13H2,1-4H3. The molecule has 5 heteroatoms. The van der Waals surface area contributed by atoms with Crippen LogP contribution >= 0.6 is 0 Å². The van der Waals surface area contributed by atoms with Gasteiger partial charge in [0.1, 0.15) is 5.82 Å². The fourth-order valence-corrected chi connectivity index (χ4v) is 1.52. The number of hydrogen-bond acceptors (Lipinski definition) is 5. The Morgan fingerprint density at radius 2 is 2.18 bits per heavy atom. The van der Waals surface area contributed by atoms with Gasteiger partial charge in [-0.3, -0.25) is 0 Å². The van der Waals surface area contributed by atoms with Crippen molar-refractivity contribution in [1.82, 2.24) is 9.97 Å². The SMILES string of the molecule is COCCN(C)c1cnc(C(C)C)nc1CN. The second-order valence-electron chi connectivity index (χ2n) is 4.33. The molecule has 5 nitrogen and oxygen atoms in total. The molecule has 0 aliphatic heterocycles. The third kappa shape index (κ3) is 3.64. The van der Waals surface area contributed by atoms with Gasteiger partial charge in [-0.25, -0.2) is 9.97 Å². The lowest BCUT2D eigenvalue weighted by Crippen LogP contribution is -2.25. The van der Waals surface area contributed by atoms with E-state index in [1.807, 2.05) is 13.2 Å². The van der Waals surface area contributed by atoms with Crippen LogP contribution in [-0.2, 0) is 11.3 Å². The van der Waals surface area contributed by atoms with Crippen molar-refractivity contribution >= 4 is 5.69 Å². The highest BCUT2D eigenvalue weighted by Crippen LogP contribution is 2.18. The van der Waals surface area contributed by atoms with Crippen molar-refractivity contribution in [2.45, 2.75) is 26.3 Å². The van der Waals surface area contributed by atoms with Crippen LogP contribution in [0.3, 0.4) is 0 Å². The van der Waals surface area contributed by atoms with Crippen molar-refractivity contribution < 1.29 is 4.74 Å². The quantitative estimate of drug-likeness (QED) is 0.805. The molecule has 0 spiro atoms. The second kappa shape index (κ2) is 6.51. The number of methoxy groups -OCH3 is 1. The van der Waals surface area contributed by atoms with Gasteiger partial charge in [0.25, 0.3) is 0 Å². The molecule has 96 valence electrons. The van der Waals surface area contributed by atoms with Gasteiger partial charge >= 0.3 is 0 Å². The highest BCUT2D eigenvalue weighted by atomic mass is 16.5. The normalized spacial score (nSPS) is 10.9. The summed E-state index contributed by atoms with van der Waals surface area (Å²) >= 11 is 0. The summed E-state index contributed by atoms with van der Waals surface area (Å²) in [5.41, 5.74) is 7.61. The third-order valence-corrected chi connectivity index (χ3v) is 2.62. The van der Waals surface area contributed by atoms with E-state index in [4.69, 9.17) is 10.5 Å². The fourth-order valence-electron chi connectivity index (χ4n) is 1.52. The summed E-state index contributed by atoms with van der Waals surface area (Å²) in [6, 6.07) is 0. The highest BCUT2D eigenvalue weighted by molar-refractivity contribution is 5.48. The van der Waals surface area contributed by atoms with Crippen molar-refractivity contribution in [2.75, 3.05) is 32.2 Å². The minimum absolute atomic E-state index is 0.318. The van der Waals surface area contributed by atoms with E-state index in [2.05, 4.69) is 28.7 Å². The molecule has 1 heterocycles. The van der Waals surface area contributed by atoms with E-state index in [0.29, 0.717) is 19.1 Å². The van der Waals surface area contributed by atoms with Crippen LogP contribution in [0.4, 0.5) is 5.69 Å². The first-order valence-corrected chi connectivity index (χ1v) is 5.86. The summed E-state index contributed by atoms with van der Waals surface area (Å²) in [7, 11) is 3.68. The van der Waals surface area contributed by atoms with Gasteiger partial charge in [0.15, 0.2) is 0 Å². The maximum atomic E-state index is 5.74. The van der Waals surface area contributed by atoms with E-state index in [0.717, 1.165) is 23.8 Å². The second-order valence-corrected chi connectivity index (χ2v) is 4.33. The molecule has 17 heavy (non-hydrogen) atoms. The van der Waals surface area contributed by atoms with Crippen LogP contribution in [0, 0.1) is 0 Å². The monoisotopic (exact) mass is 238 g/mol. The van der Waals surface area contributed by atoms with Gasteiger partial charge in [0.2, 0.25) is 0 Å². The lowest BCUT2D eigenvalue weighted by atomic mass is 10.2. The van der Waals surface area contributed by atoms with Crippen LogP contribution in [0.25, 0.3) is 0 Å². The molecule has 1 rings (SSSR count). The van der Waals surface area contributed by atoms with E-state index < -0.39 is 0 Å². The Morgan fingerprint density at radius 1 is 1.47 bits per heavy atom. The van der Waals surface area contributed by atoms with Crippen LogP contribution in [0.2, 0.25) is 0 Å². The molecule has 0 radical (unpaired) electrons. The molecule has 2 N–H and O–H groups in total. The predicted octanol–water partition coefficient (Wildman–Crippen LogP) is 1.14. The van der Waals surface area contributed by atoms with E-state index in [-0.39, 0.29) is 0 Å². The molecule has 0 aliphatic rings. The fraction of sp³-hybridized carbons (Fsp3) is 0.667. The van der Waals surface area contributed by atoms with E-state index >= 15 is 0 Å². The first kappa shape index (κ1) is 13.9. The van der Waals surface area contributed by atoms with Crippen LogP contribution in [0.5, 0.6) is 0 Å². The zero-order valence-electron chi connectivity index (χ0n) is 11.1. The van der Waals surface area contributed by atoms with Crippen molar-refractivity contribution in [3.05, 3.63) is 17.7 Å². The smallest absolute Gasteiger partial charge is 0.131 e. The molecule has 0 atom stereocenters. The lowest BCUT2D eigenvalue weighted by molar-refractivity contribution is 0.206. The van der Waals surface area contributed by atoms with Gasteiger partial charge in [0.05, 0.1) is 24.2 Å². The minimum Gasteiger partial charge on any atom is -0.383 e. The highest BCUT2D eigenvalue weighted by Gasteiger charge is 2.11. The molecule has 0 amide bonds. The number of ether oxygens (including phenoxy) is 1. The Balaban J connectivity index is 2.91. The molecule has 0 saturated heterocycles. The van der Waals surface area contributed by atoms with Gasteiger partial charge in [0, 0.05) is 33.2 Å². The van der Waals surface area contributed by atoms with Crippen molar-refractivity contribution in [2.24, 2.45) is 5.73 Å². The van der Waals surface area contributed by atoms with Crippen LogP contribution in [0.15, 0.2) is 6.20 Å². The summed E-state index contributed by atoms with van der Waals surface area (Å²) in [4.78, 5) is 10.9. The summed E-state index contributed by atoms with van der Waals surface area (Å²) in [5.74, 6) is 1.16. The Morgan fingerprint density at radius 3 is 2.71 bits per heavy atom. The molecule has 0 fully saturated rings. The molecule has 0 bridgehead atoms. The van der Waals surface area contributed by atoms with Crippen molar-refractivity contribution in [3.63, 3.8) is 0 Å². The molecule has 0 aromatic carbocycles. The molecule has 1 aromatic heterocycles. The van der Waals surface area contributed by atoms with E-state index in [1.165, 1.54) is 0 Å². The van der Waals surface area contributed by atoms with Crippen molar-refractivity contribution in [3.8, 4) is 0 Å². The Hall–Kier alpha value is -1.20. The number of hydrogen-bond donors (Lipinski definition) is 1. The van der Waals surface area contributed by atoms with Gasteiger partial charge in [-0.15, -0.1) is 0 Å². The largest absolute Gasteiger partial charge is 0.383 e. The minimum atomic E-state index is 0.318. The maximum absolute atomic E-state index is 5.74. The number of rotatable bonds is 6. The number of nitrogens with two attached hydrogens (primary N) is 1. The Labute approximate surface area is 103 Å². The van der Waals surface area contributed by atoms with Gasteiger partial charge in [-0.2, -0.15) is 0 Å². The maximum Gasteiger partial charge on any atom is 0.131 e. The van der Waals surface area contributed by atoms with Gasteiger partial charge in [-0.1, -0.05) is 13.8 Å². The van der Waals surface area contributed by atoms with Crippen LogP contribution in [0.1, 0.15) is 31.3 Å². The molecular weight excluding hydrogens is 216 g/mol. The Kier molecular flexibility index (Phi) is 5.31. The predicted molar refractivity (Wildman–Crippen MR) is 69.2 cm³/mol. The molecular formula is C12H22N4O. The first-order chi connectivity index (χ1) is 8.10. The lowest BCUT2D eigenvalue weighted by Gasteiger charge is -2.21. The van der Waals surface area contributed by atoms with E-state index in [1.54, 1.807) is 7.11 Å². The molecule has 0 aliphatic carbocycles. The summed E-state index contributed by atoms with van der Waals surface area (Å²) in [5, 5.41) is 0. The van der Waals surface area contributed by atoms with Crippen molar-refractivity contribution in [1.29, 1.82) is 0 Å². The zero-order chi connectivity index (χ0) is 12.8. The van der Waals surface area contributed by atoms with Gasteiger partial charge < -0.3 is 15.4 Å². The number of nitrogens with zero attached hydrogens (tertiary/aromatic N) is 3. The number of aromatic nitrogens is 2. The first-order valence-electron chi connectivity index (χ1n) is 5.86. The topological polar surface area (TPSA) is 64.3 Å². The zero-order valence-corrected chi connectivity index (χ0v) is 11.1. The molecule has 0 unspecified atom stereocenters. The van der Waals surface area contributed by atoms with Gasteiger partial charge in [-0.05, 0) is 0 Å². The average Bonchev–Trinajstić information content (AvgIpc) is 2.34. The van der Waals surface area contributed by atoms with Crippen LogP contribution in [-0.4, -0.2) is 37.3 Å². The molecule has 0 saturated carbocycles. The van der Waals surface area contributed by atoms with Crippen LogP contribution < -0.4 is 10.6 Å². The summed E-state index contributed by atoms with van der Waals surface area (Å²) < 4.78 is 5.06. The third-order valence-electron chi connectivity index (χ3n) is 2.62. The number of likely N-dealkylation sites (N-methyl/N-ethyl adjacent to an activating group) is 1. The Bertz CT molecular complexity index is 354. The average molecular weight is 238 g/mol.